The van der Waals surface area contributed by atoms with E-state index >= 15 is 0 Å². The molecule has 1 heterocycles. The summed E-state index contributed by atoms with van der Waals surface area (Å²) < 4.78 is 0. The molecule has 0 bridgehead atoms. The molecule has 0 spiro atoms. The average Bonchev–Trinajstić information content (AvgIpc) is 2.37. The molecule has 1 aromatic heterocycles. The number of anilines is 1. The van der Waals surface area contributed by atoms with Crippen LogP contribution in [0.4, 0.5) is 5.82 Å². The van der Waals surface area contributed by atoms with E-state index in [2.05, 4.69) is 54.8 Å². The Morgan fingerprint density at radius 1 is 1.20 bits per heavy atom. The van der Waals surface area contributed by atoms with E-state index in [4.69, 9.17) is 11.6 Å². The lowest BCUT2D eigenvalue weighted by Crippen LogP contribution is -2.25. The largest absolute Gasteiger partial charge is 0.370 e. The zero-order chi connectivity index (χ0) is 15.2. The molecule has 0 aliphatic heterocycles. The Hall–Kier alpha value is -0.870. The highest BCUT2D eigenvalue weighted by Gasteiger charge is 2.18. The van der Waals surface area contributed by atoms with Crippen molar-refractivity contribution in [2.45, 2.75) is 46.5 Å². The number of aromatic nitrogens is 2. The van der Waals surface area contributed by atoms with Crippen LogP contribution in [-0.2, 0) is 5.41 Å². The van der Waals surface area contributed by atoms with Crippen molar-refractivity contribution >= 4 is 17.4 Å². The van der Waals surface area contributed by atoms with E-state index in [0.29, 0.717) is 5.15 Å². The van der Waals surface area contributed by atoms with Crippen LogP contribution in [0.3, 0.4) is 0 Å². The number of nitrogens with one attached hydrogen (secondary N) is 1. The van der Waals surface area contributed by atoms with E-state index in [1.807, 2.05) is 0 Å². The normalized spacial score (nSPS) is 11.9. The van der Waals surface area contributed by atoms with Gasteiger partial charge in [-0.15, -0.1) is 0 Å². The fourth-order valence-electron chi connectivity index (χ4n) is 1.90. The molecule has 0 aromatic carbocycles. The molecule has 20 heavy (non-hydrogen) atoms. The summed E-state index contributed by atoms with van der Waals surface area (Å²) in [6, 6.07) is 1.79. The van der Waals surface area contributed by atoms with E-state index in [-0.39, 0.29) is 5.41 Å². The quantitative estimate of drug-likeness (QED) is 0.617. The Labute approximate surface area is 127 Å². The molecule has 0 saturated carbocycles. The first kappa shape index (κ1) is 17.2. The summed E-state index contributed by atoms with van der Waals surface area (Å²) in [6.07, 6.45) is 1.09. The Morgan fingerprint density at radius 2 is 1.85 bits per heavy atom. The van der Waals surface area contributed by atoms with Crippen LogP contribution in [0.5, 0.6) is 0 Å². The van der Waals surface area contributed by atoms with Crippen LogP contribution in [0.25, 0.3) is 0 Å². The molecule has 0 radical (unpaired) electrons. The fraction of sp³-hybridized carbons (Fsp3) is 0.733. The molecule has 0 atom stereocenters. The zero-order valence-electron chi connectivity index (χ0n) is 13.3. The lowest BCUT2D eigenvalue weighted by atomic mass is 9.96. The van der Waals surface area contributed by atoms with Gasteiger partial charge in [-0.3, -0.25) is 0 Å². The second kappa shape index (κ2) is 7.79. The molecule has 1 N–H and O–H groups in total. The fourth-order valence-corrected chi connectivity index (χ4v) is 2.09. The van der Waals surface area contributed by atoms with Gasteiger partial charge in [-0.1, -0.05) is 46.2 Å². The van der Waals surface area contributed by atoms with Crippen LogP contribution in [-0.4, -0.2) is 41.0 Å². The van der Waals surface area contributed by atoms with Crippen LogP contribution in [0, 0.1) is 0 Å². The smallest absolute Gasteiger partial charge is 0.137 e. The van der Waals surface area contributed by atoms with Gasteiger partial charge in [-0.25, -0.2) is 9.97 Å². The van der Waals surface area contributed by atoms with Crippen LogP contribution in [0.15, 0.2) is 6.07 Å². The monoisotopic (exact) mass is 298 g/mol. The van der Waals surface area contributed by atoms with Gasteiger partial charge in [-0.05, 0) is 26.1 Å². The molecule has 114 valence electrons. The summed E-state index contributed by atoms with van der Waals surface area (Å²) in [5.74, 6) is 1.59. The minimum atomic E-state index is -0.0947. The predicted octanol–water partition coefficient (Wildman–Crippen LogP) is 3.57. The van der Waals surface area contributed by atoms with Crippen molar-refractivity contribution in [2.24, 2.45) is 0 Å². The lowest BCUT2D eigenvalue weighted by molar-refractivity contribution is 0.303. The predicted molar refractivity (Wildman–Crippen MR) is 86.6 cm³/mol. The second-order valence-corrected chi connectivity index (χ2v) is 6.34. The van der Waals surface area contributed by atoms with Crippen molar-refractivity contribution in [3.8, 4) is 0 Å². The molecule has 0 saturated heterocycles. The van der Waals surface area contributed by atoms with Crippen molar-refractivity contribution < 1.29 is 0 Å². The maximum atomic E-state index is 6.06. The maximum Gasteiger partial charge on any atom is 0.137 e. The summed E-state index contributed by atoms with van der Waals surface area (Å²) in [7, 11) is 0. The number of halogens is 1. The molecule has 1 rings (SSSR count). The van der Waals surface area contributed by atoms with Crippen LogP contribution >= 0.6 is 11.6 Å². The summed E-state index contributed by atoms with van der Waals surface area (Å²) in [5, 5.41) is 3.84. The van der Waals surface area contributed by atoms with E-state index in [9.17, 15) is 0 Å². The molecule has 0 aliphatic carbocycles. The third kappa shape index (κ3) is 5.63. The minimum absolute atomic E-state index is 0.0947. The SMILES string of the molecule is CCN(CC)CCCNc1cc(Cl)nc(C(C)(C)C)n1. The number of nitrogens with zero attached hydrogens (tertiary/aromatic N) is 3. The summed E-state index contributed by atoms with van der Waals surface area (Å²) >= 11 is 6.06. The van der Waals surface area contributed by atoms with Crippen LogP contribution in [0.1, 0.15) is 46.9 Å². The topological polar surface area (TPSA) is 41.0 Å². The highest BCUT2D eigenvalue weighted by Crippen LogP contribution is 2.22. The number of hydrogen-bond acceptors (Lipinski definition) is 4. The van der Waals surface area contributed by atoms with Crippen molar-refractivity contribution in [2.75, 3.05) is 31.5 Å². The summed E-state index contributed by atoms with van der Waals surface area (Å²) in [5.41, 5.74) is -0.0947. The standard InChI is InChI=1S/C15H27ClN4/c1-6-20(7-2)10-8-9-17-13-11-12(16)18-14(19-13)15(3,4)5/h11H,6-10H2,1-5H3,(H,17,18,19). The first-order chi connectivity index (χ1) is 9.36. The first-order valence-corrected chi connectivity index (χ1v) is 7.76. The molecule has 1 aromatic rings. The van der Waals surface area contributed by atoms with Gasteiger partial charge in [0.1, 0.15) is 16.8 Å². The summed E-state index contributed by atoms with van der Waals surface area (Å²) in [4.78, 5) is 11.2. The van der Waals surface area contributed by atoms with Gasteiger partial charge in [0.25, 0.3) is 0 Å². The van der Waals surface area contributed by atoms with E-state index in [0.717, 1.165) is 44.2 Å². The lowest BCUT2D eigenvalue weighted by Gasteiger charge is -2.19. The molecule has 0 fully saturated rings. The average molecular weight is 299 g/mol. The van der Waals surface area contributed by atoms with Crippen molar-refractivity contribution in [1.82, 2.24) is 14.9 Å². The highest BCUT2D eigenvalue weighted by molar-refractivity contribution is 6.29. The van der Waals surface area contributed by atoms with Crippen molar-refractivity contribution in [3.05, 3.63) is 17.0 Å². The number of rotatable bonds is 7. The molecule has 0 unspecified atom stereocenters. The molecule has 0 aliphatic rings. The van der Waals surface area contributed by atoms with Gasteiger partial charge in [0.2, 0.25) is 0 Å². The third-order valence-electron chi connectivity index (χ3n) is 3.22. The van der Waals surface area contributed by atoms with Crippen LogP contribution < -0.4 is 5.32 Å². The van der Waals surface area contributed by atoms with Gasteiger partial charge >= 0.3 is 0 Å². The van der Waals surface area contributed by atoms with E-state index in [1.54, 1.807) is 6.07 Å². The van der Waals surface area contributed by atoms with E-state index in [1.165, 1.54) is 0 Å². The highest BCUT2D eigenvalue weighted by atomic mass is 35.5. The number of hydrogen-bond donors (Lipinski definition) is 1. The Bertz CT molecular complexity index is 411. The van der Waals surface area contributed by atoms with Gasteiger partial charge < -0.3 is 10.2 Å². The molecule has 4 nitrogen and oxygen atoms in total. The van der Waals surface area contributed by atoms with Gasteiger partial charge in [-0.2, -0.15) is 0 Å². The van der Waals surface area contributed by atoms with Crippen LogP contribution in [0.2, 0.25) is 5.15 Å². The molecule has 5 heteroatoms. The Kier molecular flexibility index (Phi) is 6.69. The zero-order valence-corrected chi connectivity index (χ0v) is 14.1. The minimum Gasteiger partial charge on any atom is -0.370 e. The first-order valence-electron chi connectivity index (χ1n) is 7.38. The van der Waals surface area contributed by atoms with E-state index < -0.39 is 0 Å². The van der Waals surface area contributed by atoms with Crippen molar-refractivity contribution in [3.63, 3.8) is 0 Å². The van der Waals surface area contributed by atoms with Crippen molar-refractivity contribution in [1.29, 1.82) is 0 Å². The second-order valence-electron chi connectivity index (χ2n) is 5.96. The molecule has 0 amide bonds. The van der Waals surface area contributed by atoms with Gasteiger partial charge in [0.05, 0.1) is 0 Å². The summed E-state index contributed by atoms with van der Waals surface area (Å²) in [6.45, 7) is 14.8. The third-order valence-corrected chi connectivity index (χ3v) is 3.41. The molecular weight excluding hydrogens is 272 g/mol. The van der Waals surface area contributed by atoms with Gasteiger partial charge in [0.15, 0.2) is 0 Å². The maximum absolute atomic E-state index is 6.06. The molecular formula is C15H27ClN4. The van der Waals surface area contributed by atoms with Gasteiger partial charge in [0, 0.05) is 18.0 Å². The Morgan fingerprint density at radius 3 is 2.40 bits per heavy atom. The Balaban J connectivity index is 2.54.